The summed E-state index contributed by atoms with van der Waals surface area (Å²) in [6.07, 6.45) is 3.71. The Bertz CT molecular complexity index is 897. The van der Waals surface area contributed by atoms with E-state index in [0.29, 0.717) is 5.56 Å². The summed E-state index contributed by atoms with van der Waals surface area (Å²) in [5, 5.41) is 8.94. The Labute approximate surface area is 168 Å². The molecule has 7 nitrogen and oxygen atoms in total. The molecular weight excluding hydrogens is 378 g/mol. The number of hydrogen-bond donors (Lipinski definition) is 0. The molecule has 0 spiro atoms. The molecule has 0 aliphatic heterocycles. The second-order valence-corrected chi connectivity index (χ2v) is 6.58. The van der Waals surface area contributed by atoms with Crippen LogP contribution in [0.4, 0.5) is 0 Å². The Morgan fingerprint density at radius 2 is 2.00 bits per heavy atom. The Balaban J connectivity index is 2.26. The van der Waals surface area contributed by atoms with E-state index in [1.54, 1.807) is 24.0 Å². The van der Waals surface area contributed by atoms with Crippen LogP contribution in [0.15, 0.2) is 51.9 Å². The van der Waals surface area contributed by atoms with Gasteiger partial charge in [0.15, 0.2) is 5.71 Å². The molecular formula is C20H23N3O4S. The van der Waals surface area contributed by atoms with Crippen LogP contribution in [0.25, 0.3) is 0 Å². The number of benzene rings is 1. The van der Waals surface area contributed by atoms with Crippen LogP contribution in [0, 0.1) is 6.92 Å². The van der Waals surface area contributed by atoms with E-state index in [1.807, 2.05) is 44.4 Å². The van der Waals surface area contributed by atoms with Crippen LogP contribution in [0.5, 0.6) is 0 Å². The first-order valence-electron chi connectivity index (χ1n) is 8.47. The first kappa shape index (κ1) is 21.4. The van der Waals surface area contributed by atoms with Crippen molar-refractivity contribution in [3.8, 4) is 0 Å². The van der Waals surface area contributed by atoms with Gasteiger partial charge in [0.25, 0.3) is 0 Å². The number of oxime groups is 2. The third kappa shape index (κ3) is 5.32. The highest BCUT2D eigenvalue weighted by Crippen LogP contribution is 2.18. The fourth-order valence-electron chi connectivity index (χ4n) is 2.49. The number of esters is 1. The lowest BCUT2D eigenvalue weighted by molar-refractivity contribution is -0.132. The molecule has 0 N–H and O–H groups in total. The van der Waals surface area contributed by atoms with Crippen LogP contribution in [-0.2, 0) is 25.8 Å². The van der Waals surface area contributed by atoms with Gasteiger partial charge >= 0.3 is 5.97 Å². The van der Waals surface area contributed by atoms with Crippen LogP contribution in [0.1, 0.15) is 29.2 Å². The van der Waals surface area contributed by atoms with E-state index >= 15 is 0 Å². The van der Waals surface area contributed by atoms with Crippen molar-refractivity contribution in [2.45, 2.75) is 25.5 Å². The average Bonchev–Trinajstić information content (AvgIpc) is 2.72. The summed E-state index contributed by atoms with van der Waals surface area (Å²) < 4.78 is 4.81. The number of thioether (sulfide) groups is 1. The van der Waals surface area contributed by atoms with Crippen molar-refractivity contribution in [2.75, 3.05) is 20.5 Å². The minimum Gasteiger partial charge on any atom is -0.464 e. The van der Waals surface area contributed by atoms with Gasteiger partial charge in [-0.05, 0) is 37.8 Å². The van der Waals surface area contributed by atoms with E-state index in [1.165, 1.54) is 14.2 Å². The fraction of sp³-hybridized carbons (Fsp3) is 0.300. The summed E-state index contributed by atoms with van der Waals surface area (Å²) in [4.78, 5) is 26.7. The van der Waals surface area contributed by atoms with Gasteiger partial charge in [-0.2, -0.15) is 0 Å². The fourth-order valence-corrected chi connectivity index (χ4v) is 2.90. The lowest BCUT2D eigenvalue weighted by atomic mass is 9.99. The van der Waals surface area contributed by atoms with Crippen LogP contribution in [0.3, 0.4) is 0 Å². The molecule has 148 valence electrons. The highest BCUT2D eigenvalue weighted by atomic mass is 32.2. The molecule has 0 aliphatic carbocycles. The number of rotatable bonds is 8. The monoisotopic (exact) mass is 401 g/mol. The van der Waals surface area contributed by atoms with Gasteiger partial charge in [0.2, 0.25) is 0 Å². The molecule has 1 aromatic carbocycles. The third-order valence-electron chi connectivity index (χ3n) is 4.00. The number of nitrogens with zero attached hydrogens (tertiary/aromatic N) is 3. The molecule has 0 unspecified atom stereocenters. The molecule has 2 rings (SSSR count). The molecule has 0 saturated carbocycles. The first-order valence-corrected chi connectivity index (χ1v) is 9.69. The standard InChI is InChI=1S/C20H23N3O4S/c1-13-7-6-8-16(19(23-26-4)20(24)25-3)17(13)12-27-22-14(2)15-9-10-21-18(11-15)28-5/h6-11H,12H2,1-5H3/b22-14+,23-19+. The Kier molecular flexibility index (Phi) is 8.01. The van der Waals surface area contributed by atoms with Gasteiger partial charge in [-0.1, -0.05) is 28.5 Å². The maximum Gasteiger partial charge on any atom is 0.360 e. The largest absolute Gasteiger partial charge is 0.464 e. The molecule has 0 bridgehead atoms. The molecule has 0 radical (unpaired) electrons. The molecule has 2 aromatic rings. The van der Waals surface area contributed by atoms with Crippen molar-refractivity contribution >= 4 is 29.2 Å². The van der Waals surface area contributed by atoms with Gasteiger partial charge in [-0.15, -0.1) is 11.8 Å². The van der Waals surface area contributed by atoms with Gasteiger partial charge in [-0.3, -0.25) is 0 Å². The van der Waals surface area contributed by atoms with E-state index in [4.69, 9.17) is 14.4 Å². The Hall–Kier alpha value is -2.87. The van der Waals surface area contributed by atoms with Gasteiger partial charge < -0.3 is 14.4 Å². The summed E-state index contributed by atoms with van der Waals surface area (Å²) in [6, 6.07) is 9.35. The zero-order valence-corrected chi connectivity index (χ0v) is 17.4. The highest BCUT2D eigenvalue weighted by Gasteiger charge is 2.20. The lowest BCUT2D eigenvalue weighted by Gasteiger charge is -2.12. The molecule has 0 aliphatic rings. The predicted octanol–water partition coefficient (Wildman–Crippen LogP) is 3.58. The number of pyridine rings is 1. The van der Waals surface area contributed by atoms with Crippen molar-refractivity contribution in [1.29, 1.82) is 0 Å². The second-order valence-electron chi connectivity index (χ2n) is 5.75. The summed E-state index contributed by atoms with van der Waals surface area (Å²) >= 11 is 1.56. The van der Waals surface area contributed by atoms with E-state index in [2.05, 4.69) is 15.3 Å². The highest BCUT2D eigenvalue weighted by molar-refractivity contribution is 7.98. The normalized spacial score (nSPS) is 11.9. The Morgan fingerprint density at radius 3 is 2.68 bits per heavy atom. The van der Waals surface area contributed by atoms with Crippen LogP contribution >= 0.6 is 11.8 Å². The summed E-state index contributed by atoms with van der Waals surface area (Å²) in [6.45, 7) is 3.96. The van der Waals surface area contributed by atoms with Crippen molar-refractivity contribution < 1.29 is 19.2 Å². The number of aromatic nitrogens is 1. The maximum atomic E-state index is 12.1. The van der Waals surface area contributed by atoms with E-state index < -0.39 is 5.97 Å². The summed E-state index contributed by atoms with van der Waals surface area (Å²) in [5.41, 5.74) is 4.03. The average molecular weight is 401 g/mol. The molecule has 0 amide bonds. The van der Waals surface area contributed by atoms with Crippen molar-refractivity contribution in [3.63, 3.8) is 0 Å². The number of carbonyl (C=O) groups is 1. The zero-order valence-electron chi connectivity index (χ0n) is 16.6. The van der Waals surface area contributed by atoms with Gasteiger partial charge in [0, 0.05) is 22.9 Å². The molecule has 0 fully saturated rings. The molecule has 1 heterocycles. The summed E-state index contributed by atoms with van der Waals surface area (Å²) in [5.74, 6) is -0.588. The molecule has 0 atom stereocenters. The van der Waals surface area contributed by atoms with Gasteiger partial charge in [0.05, 0.1) is 17.8 Å². The van der Waals surface area contributed by atoms with E-state index in [9.17, 15) is 4.79 Å². The molecule has 8 heteroatoms. The topological polar surface area (TPSA) is 82.4 Å². The predicted molar refractivity (Wildman–Crippen MR) is 110 cm³/mol. The second kappa shape index (κ2) is 10.5. The van der Waals surface area contributed by atoms with E-state index in [0.717, 1.165) is 27.4 Å². The minimum atomic E-state index is -0.588. The van der Waals surface area contributed by atoms with E-state index in [-0.39, 0.29) is 12.3 Å². The minimum absolute atomic E-state index is 0.0757. The number of aryl methyl sites for hydroxylation is 1. The zero-order chi connectivity index (χ0) is 20.5. The third-order valence-corrected chi connectivity index (χ3v) is 4.64. The number of hydrogen-bond acceptors (Lipinski definition) is 8. The SMILES string of the molecule is CO/N=C(/C(=O)OC)c1cccc(C)c1CO/N=C(\C)c1ccnc(SC)c1. The Morgan fingerprint density at radius 1 is 1.21 bits per heavy atom. The quantitative estimate of drug-likeness (QED) is 0.291. The summed E-state index contributed by atoms with van der Waals surface area (Å²) in [7, 11) is 2.67. The van der Waals surface area contributed by atoms with Crippen LogP contribution in [0.2, 0.25) is 0 Å². The van der Waals surface area contributed by atoms with Crippen molar-refractivity contribution in [3.05, 3.63) is 58.8 Å². The molecule has 1 aromatic heterocycles. The number of ether oxygens (including phenoxy) is 1. The lowest BCUT2D eigenvalue weighted by Crippen LogP contribution is -2.20. The number of methoxy groups -OCH3 is 1. The first-order chi connectivity index (χ1) is 13.5. The van der Waals surface area contributed by atoms with Crippen LogP contribution in [-0.4, -0.2) is 42.9 Å². The molecule has 28 heavy (non-hydrogen) atoms. The van der Waals surface area contributed by atoms with Crippen molar-refractivity contribution in [2.24, 2.45) is 10.3 Å². The van der Waals surface area contributed by atoms with Crippen LogP contribution < -0.4 is 0 Å². The maximum absolute atomic E-state index is 12.1. The smallest absolute Gasteiger partial charge is 0.360 e. The van der Waals surface area contributed by atoms with Gasteiger partial charge in [-0.25, -0.2) is 9.78 Å². The number of carbonyl (C=O) groups excluding carboxylic acids is 1. The molecule has 0 saturated heterocycles. The van der Waals surface area contributed by atoms with Crippen molar-refractivity contribution in [1.82, 2.24) is 4.98 Å². The van der Waals surface area contributed by atoms with Gasteiger partial charge in [0.1, 0.15) is 13.7 Å².